The van der Waals surface area contributed by atoms with Crippen LogP contribution in [0.4, 0.5) is 0 Å². The summed E-state index contributed by atoms with van der Waals surface area (Å²) in [7, 11) is 1.83. The molecule has 0 atom stereocenters. The molecule has 1 aliphatic carbocycles. The molecule has 35 heavy (non-hydrogen) atoms. The second kappa shape index (κ2) is 11.4. The van der Waals surface area contributed by atoms with Crippen LogP contribution in [-0.2, 0) is 7.05 Å². The van der Waals surface area contributed by atoms with Crippen LogP contribution in [0.5, 0.6) is 11.6 Å². The molecule has 2 N–H and O–H groups in total. The number of aromatic nitrogens is 3. The van der Waals surface area contributed by atoms with E-state index in [1.54, 1.807) is 40.8 Å². The first-order valence-corrected chi connectivity index (χ1v) is 13.0. The van der Waals surface area contributed by atoms with Gasteiger partial charge in [-0.05, 0) is 81.2 Å². The van der Waals surface area contributed by atoms with Gasteiger partial charge in [0.2, 0.25) is 5.88 Å². The quantitative estimate of drug-likeness (QED) is 0.453. The van der Waals surface area contributed by atoms with Crippen molar-refractivity contribution in [3.05, 3.63) is 65.6 Å². The van der Waals surface area contributed by atoms with E-state index >= 15 is 0 Å². The molecule has 1 aromatic carbocycles. The highest BCUT2D eigenvalue weighted by Crippen LogP contribution is 2.27. The van der Waals surface area contributed by atoms with E-state index in [0.29, 0.717) is 35.3 Å². The van der Waals surface area contributed by atoms with Gasteiger partial charge in [-0.15, -0.1) is 11.8 Å². The summed E-state index contributed by atoms with van der Waals surface area (Å²) in [5.74, 6) is 0.974. The Balaban J connectivity index is 1.27. The number of nitrogens with one attached hydrogen (secondary N) is 2. The van der Waals surface area contributed by atoms with Gasteiger partial charge in [-0.1, -0.05) is 6.07 Å². The zero-order valence-corrected chi connectivity index (χ0v) is 21.1. The standard InChI is InChI=1S/C26H31N5O3S/c1-17-14-23(30-31(17)2)25(33)29-19-11-9-18(10-12-19)16-28-24(32)22-8-5-13-27-26(22)34-20-6-4-7-21(15-20)35-3/h4-8,13-15,18-19H,9-12,16H2,1-3H3,(H,28,32)(H,29,33). The van der Waals surface area contributed by atoms with Gasteiger partial charge < -0.3 is 15.4 Å². The van der Waals surface area contributed by atoms with Gasteiger partial charge in [-0.2, -0.15) is 5.10 Å². The normalized spacial score (nSPS) is 17.6. The molecule has 8 nitrogen and oxygen atoms in total. The lowest BCUT2D eigenvalue weighted by Crippen LogP contribution is -2.40. The van der Waals surface area contributed by atoms with Crippen molar-refractivity contribution in [3.8, 4) is 11.6 Å². The molecule has 0 radical (unpaired) electrons. The molecule has 2 amide bonds. The molecular weight excluding hydrogens is 462 g/mol. The number of carbonyl (C=O) groups is 2. The maximum Gasteiger partial charge on any atom is 0.272 e. The van der Waals surface area contributed by atoms with Crippen LogP contribution in [-0.4, -0.2) is 45.4 Å². The highest BCUT2D eigenvalue weighted by atomic mass is 32.2. The molecule has 2 heterocycles. The monoisotopic (exact) mass is 493 g/mol. The van der Waals surface area contributed by atoms with Gasteiger partial charge in [0.1, 0.15) is 17.0 Å². The first-order valence-electron chi connectivity index (χ1n) is 11.8. The molecule has 9 heteroatoms. The lowest BCUT2D eigenvalue weighted by atomic mass is 9.86. The smallest absolute Gasteiger partial charge is 0.272 e. The lowest BCUT2D eigenvalue weighted by Gasteiger charge is -2.29. The molecule has 2 aromatic heterocycles. The number of amides is 2. The summed E-state index contributed by atoms with van der Waals surface area (Å²) >= 11 is 1.62. The van der Waals surface area contributed by atoms with Gasteiger partial charge in [0, 0.05) is 36.4 Å². The number of rotatable bonds is 8. The minimum absolute atomic E-state index is 0.127. The fourth-order valence-electron chi connectivity index (χ4n) is 4.20. The van der Waals surface area contributed by atoms with Crippen LogP contribution in [0.1, 0.15) is 52.2 Å². The number of nitrogens with zero attached hydrogens (tertiary/aromatic N) is 3. The topological polar surface area (TPSA) is 98.1 Å². The fraction of sp³-hybridized carbons (Fsp3) is 0.385. The Hall–Kier alpha value is -3.33. The van der Waals surface area contributed by atoms with E-state index in [1.807, 2.05) is 44.5 Å². The number of carbonyl (C=O) groups excluding carboxylic acids is 2. The minimum atomic E-state index is -0.199. The summed E-state index contributed by atoms with van der Waals surface area (Å²) in [5.41, 5.74) is 1.81. The van der Waals surface area contributed by atoms with Crippen molar-refractivity contribution in [2.45, 2.75) is 43.5 Å². The average molecular weight is 494 g/mol. The molecule has 1 aliphatic rings. The zero-order valence-electron chi connectivity index (χ0n) is 20.3. The number of hydrogen-bond donors (Lipinski definition) is 2. The summed E-state index contributed by atoms with van der Waals surface area (Å²) in [6.07, 6.45) is 7.25. The van der Waals surface area contributed by atoms with Gasteiger partial charge >= 0.3 is 0 Å². The van der Waals surface area contributed by atoms with Gasteiger partial charge in [-0.3, -0.25) is 14.3 Å². The third-order valence-corrected chi connectivity index (χ3v) is 7.08. The summed E-state index contributed by atoms with van der Waals surface area (Å²) < 4.78 is 7.63. The molecule has 1 saturated carbocycles. The molecule has 0 aliphatic heterocycles. The highest BCUT2D eigenvalue weighted by molar-refractivity contribution is 7.98. The molecule has 0 unspecified atom stereocenters. The number of pyridine rings is 1. The predicted octanol–water partition coefficient (Wildman–Crippen LogP) is 4.36. The van der Waals surface area contributed by atoms with Crippen LogP contribution >= 0.6 is 11.8 Å². The van der Waals surface area contributed by atoms with Crippen LogP contribution in [0.3, 0.4) is 0 Å². The Morgan fingerprint density at radius 1 is 1.11 bits per heavy atom. The SMILES string of the molecule is CSc1cccc(Oc2ncccc2C(=O)NCC2CCC(NC(=O)c3cc(C)n(C)n3)CC2)c1. The van der Waals surface area contributed by atoms with Crippen molar-refractivity contribution in [2.24, 2.45) is 13.0 Å². The maximum atomic E-state index is 12.9. The predicted molar refractivity (Wildman–Crippen MR) is 136 cm³/mol. The first-order chi connectivity index (χ1) is 16.9. The Morgan fingerprint density at radius 2 is 1.91 bits per heavy atom. The summed E-state index contributed by atoms with van der Waals surface area (Å²) in [6.45, 7) is 2.50. The Bertz CT molecular complexity index is 1170. The van der Waals surface area contributed by atoms with Crippen LogP contribution < -0.4 is 15.4 Å². The summed E-state index contributed by atoms with van der Waals surface area (Å²) in [6, 6.07) is 13.1. The minimum Gasteiger partial charge on any atom is -0.438 e. The van der Waals surface area contributed by atoms with E-state index in [1.165, 1.54) is 0 Å². The summed E-state index contributed by atoms with van der Waals surface area (Å²) in [4.78, 5) is 30.7. The second-order valence-electron chi connectivity index (χ2n) is 8.83. The molecule has 3 aromatic rings. The number of thioether (sulfide) groups is 1. The van der Waals surface area contributed by atoms with E-state index in [9.17, 15) is 9.59 Å². The zero-order chi connectivity index (χ0) is 24.8. The van der Waals surface area contributed by atoms with Crippen LogP contribution in [0, 0.1) is 12.8 Å². The van der Waals surface area contributed by atoms with Gasteiger partial charge in [-0.25, -0.2) is 4.98 Å². The lowest BCUT2D eigenvalue weighted by molar-refractivity contribution is 0.0914. The maximum absolute atomic E-state index is 12.9. The third kappa shape index (κ3) is 6.42. The van der Waals surface area contributed by atoms with E-state index in [4.69, 9.17) is 4.74 Å². The van der Waals surface area contributed by atoms with E-state index < -0.39 is 0 Å². The molecule has 184 valence electrons. The van der Waals surface area contributed by atoms with E-state index in [-0.39, 0.29) is 17.9 Å². The molecule has 0 spiro atoms. The van der Waals surface area contributed by atoms with Crippen LogP contribution in [0.2, 0.25) is 0 Å². The van der Waals surface area contributed by atoms with Gasteiger partial charge in [0.15, 0.2) is 0 Å². The molecule has 0 saturated heterocycles. The molecule has 0 bridgehead atoms. The van der Waals surface area contributed by atoms with Crippen molar-refractivity contribution < 1.29 is 14.3 Å². The van der Waals surface area contributed by atoms with Crippen LogP contribution in [0.25, 0.3) is 0 Å². The highest BCUT2D eigenvalue weighted by Gasteiger charge is 2.24. The number of hydrogen-bond acceptors (Lipinski definition) is 6. The molecule has 4 rings (SSSR count). The Kier molecular flexibility index (Phi) is 8.07. The van der Waals surface area contributed by atoms with E-state index in [0.717, 1.165) is 36.3 Å². The van der Waals surface area contributed by atoms with Crippen molar-refractivity contribution in [3.63, 3.8) is 0 Å². The van der Waals surface area contributed by atoms with Gasteiger partial charge in [0.05, 0.1) is 0 Å². The number of benzene rings is 1. The van der Waals surface area contributed by atoms with Crippen molar-refractivity contribution in [2.75, 3.05) is 12.8 Å². The fourth-order valence-corrected chi connectivity index (χ4v) is 4.64. The van der Waals surface area contributed by atoms with Crippen molar-refractivity contribution in [1.82, 2.24) is 25.4 Å². The van der Waals surface area contributed by atoms with Crippen molar-refractivity contribution in [1.29, 1.82) is 0 Å². The first kappa shape index (κ1) is 24.8. The molecule has 1 fully saturated rings. The largest absolute Gasteiger partial charge is 0.438 e. The van der Waals surface area contributed by atoms with Crippen LogP contribution in [0.15, 0.2) is 53.6 Å². The van der Waals surface area contributed by atoms with Gasteiger partial charge in [0.25, 0.3) is 11.8 Å². The summed E-state index contributed by atoms with van der Waals surface area (Å²) in [5, 5.41) is 10.4. The van der Waals surface area contributed by atoms with Crippen molar-refractivity contribution >= 4 is 23.6 Å². The molecular formula is C26H31N5O3S. The number of ether oxygens (including phenoxy) is 1. The Labute approximate surface area is 209 Å². The Morgan fingerprint density at radius 3 is 2.63 bits per heavy atom. The number of aryl methyl sites for hydroxylation is 2. The third-order valence-electron chi connectivity index (χ3n) is 6.35. The van der Waals surface area contributed by atoms with E-state index in [2.05, 4.69) is 20.7 Å². The second-order valence-corrected chi connectivity index (χ2v) is 9.71. The average Bonchev–Trinajstić information content (AvgIpc) is 3.22.